The summed E-state index contributed by atoms with van der Waals surface area (Å²) in [5.74, 6) is -0.262. The average Bonchev–Trinajstić information content (AvgIpc) is 2.75. The minimum atomic E-state index is -4.47. The molecule has 1 aliphatic carbocycles. The Balaban J connectivity index is 1.45. The number of carboxylic acids is 1. The monoisotopic (exact) mass is 488 g/mol. The van der Waals surface area contributed by atoms with Crippen molar-refractivity contribution in [2.75, 3.05) is 19.6 Å². The number of aliphatic carboxylic acids is 1. The molecule has 4 rings (SSSR count). The van der Waals surface area contributed by atoms with E-state index in [1.165, 1.54) is 17.3 Å². The van der Waals surface area contributed by atoms with E-state index < -0.39 is 17.7 Å². The van der Waals surface area contributed by atoms with Crippen LogP contribution in [0, 0.1) is 11.8 Å². The van der Waals surface area contributed by atoms with Gasteiger partial charge in [0.15, 0.2) is 0 Å². The number of nitrogens with zero attached hydrogens (tertiary/aromatic N) is 2. The fourth-order valence-corrected chi connectivity index (χ4v) is 4.82. The molecule has 0 bridgehead atoms. The first-order chi connectivity index (χ1) is 16.5. The first kappa shape index (κ1) is 25.2. The van der Waals surface area contributed by atoms with E-state index in [1.807, 2.05) is 26.0 Å². The number of aromatic nitrogens is 1. The normalized spacial score (nSPS) is 16.9. The first-order valence-corrected chi connectivity index (χ1v) is 12.0. The second kappa shape index (κ2) is 10.0. The molecule has 0 radical (unpaired) electrons. The lowest BCUT2D eigenvalue weighted by molar-refractivity contribution is -0.147. The van der Waals surface area contributed by atoms with Crippen molar-refractivity contribution in [3.63, 3.8) is 0 Å². The molecule has 35 heavy (non-hydrogen) atoms. The quantitative estimate of drug-likeness (QED) is 0.523. The highest BCUT2D eigenvalue weighted by Crippen LogP contribution is 2.36. The lowest BCUT2D eigenvalue weighted by Gasteiger charge is -2.38. The van der Waals surface area contributed by atoms with Gasteiger partial charge in [0.05, 0.1) is 11.5 Å². The van der Waals surface area contributed by atoms with E-state index in [2.05, 4.69) is 16.8 Å². The van der Waals surface area contributed by atoms with Gasteiger partial charge >= 0.3 is 12.1 Å². The Bertz CT molecular complexity index is 1130. The van der Waals surface area contributed by atoms with Gasteiger partial charge in [-0.15, -0.1) is 0 Å². The predicted molar refractivity (Wildman–Crippen MR) is 127 cm³/mol. The number of rotatable bonds is 8. The van der Waals surface area contributed by atoms with E-state index in [1.54, 1.807) is 6.07 Å². The molecule has 1 saturated heterocycles. The number of ether oxygens (including phenoxy) is 1. The van der Waals surface area contributed by atoms with Crippen LogP contribution >= 0.6 is 0 Å². The molecule has 2 aliphatic rings. The van der Waals surface area contributed by atoms with Gasteiger partial charge in [-0.2, -0.15) is 13.2 Å². The van der Waals surface area contributed by atoms with E-state index in [-0.39, 0.29) is 24.0 Å². The maximum absolute atomic E-state index is 13.7. The summed E-state index contributed by atoms with van der Waals surface area (Å²) >= 11 is 0. The summed E-state index contributed by atoms with van der Waals surface area (Å²) in [6.45, 7) is 7.69. The maximum atomic E-state index is 13.7. The third-order valence-electron chi connectivity index (χ3n) is 6.79. The molecule has 1 aromatic heterocycles. The number of carboxylic acid groups (broad SMARTS) is 1. The van der Waals surface area contributed by atoms with Crippen molar-refractivity contribution < 1.29 is 27.8 Å². The van der Waals surface area contributed by atoms with Gasteiger partial charge in [-0.3, -0.25) is 14.7 Å². The number of pyridine rings is 1. The Morgan fingerprint density at radius 3 is 2.63 bits per heavy atom. The zero-order valence-electron chi connectivity index (χ0n) is 20.3. The average molecular weight is 489 g/mol. The lowest BCUT2D eigenvalue weighted by atomic mass is 9.85. The number of halogens is 3. The highest BCUT2D eigenvalue weighted by molar-refractivity contribution is 5.73. The summed E-state index contributed by atoms with van der Waals surface area (Å²) in [4.78, 5) is 17.4. The molecule has 2 aromatic rings. The number of fused-ring (bicyclic) bond motifs is 1. The molecule has 0 spiro atoms. The van der Waals surface area contributed by atoms with Crippen LogP contribution in [-0.4, -0.2) is 40.6 Å². The topological polar surface area (TPSA) is 62.7 Å². The molecule has 2 heterocycles. The number of hydrogen-bond acceptors (Lipinski definition) is 4. The van der Waals surface area contributed by atoms with Crippen molar-refractivity contribution in [2.24, 2.45) is 11.8 Å². The van der Waals surface area contributed by atoms with Crippen molar-refractivity contribution in [1.29, 1.82) is 0 Å². The Hall–Kier alpha value is -2.87. The number of hydrogen-bond donors (Lipinski definition) is 1. The fraction of sp³-hybridized carbons (Fsp3) is 0.481. The molecule has 188 valence electrons. The third kappa shape index (κ3) is 5.86. The van der Waals surface area contributed by atoms with Crippen LogP contribution in [0.4, 0.5) is 13.2 Å². The molecule has 8 heteroatoms. The molecule has 0 saturated carbocycles. The molecule has 1 N–H and O–H groups in total. The molecule has 1 fully saturated rings. The molecule has 1 aromatic carbocycles. The van der Waals surface area contributed by atoms with E-state index in [9.17, 15) is 18.0 Å². The molecular formula is C27H31F3N2O3. The minimum Gasteiger partial charge on any atom is -0.489 e. The Kier molecular flexibility index (Phi) is 7.22. The van der Waals surface area contributed by atoms with Crippen LogP contribution in [0.25, 0.3) is 5.57 Å². The summed E-state index contributed by atoms with van der Waals surface area (Å²) in [6.07, 6.45) is -1.02. The summed E-state index contributed by atoms with van der Waals surface area (Å²) in [6, 6.07) is 6.80. The molecule has 5 nitrogen and oxygen atoms in total. The first-order valence-electron chi connectivity index (χ1n) is 12.0. The van der Waals surface area contributed by atoms with Crippen LogP contribution in [0.1, 0.15) is 55.1 Å². The van der Waals surface area contributed by atoms with Crippen LogP contribution in [0.2, 0.25) is 0 Å². The smallest absolute Gasteiger partial charge is 0.416 e. The van der Waals surface area contributed by atoms with Crippen molar-refractivity contribution in [2.45, 2.75) is 52.8 Å². The van der Waals surface area contributed by atoms with Crippen LogP contribution < -0.4 is 4.74 Å². The number of likely N-dealkylation sites (tertiary alicyclic amines) is 1. The molecule has 0 amide bonds. The Morgan fingerprint density at radius 1 is 1.23 bits per heavy atom. The lowest BCUT2D eigenvalue weighted by Crippen LogP contribution is -2.50. The third-order valence-corrected chi connectivity index (χ3v) is 6.79. The number of aryl methyl sites for hydroxylation is 1. The van der Waals surface area contributed by atoms with Crippen molar-refractivity contribution in [3.05, 3.63) is 64.0 Å². The highest BCUT2D eigenvalue weighted by atomic mass is 19.4. The Morgan fingerprint density at radius 2 is 1.97 bits per heavy atom. The highest BCUT2D eigenvalue weighted by Gasteiger charge is 2.35. The van der Waals surface area contributed by atoms with Gasteiger partial charge in [-0.1, -0.05) is 25.5 Å². The molecular weight excluding hydrogens is 457 g/mol. The van der Waals surface area contributed by atoms with Crippen LogP contribution in [0.5, 0.6) is 5.75 Å². The molecule has 0 atom stereocenters. The number of carbonyl (C=O) groups is 1. The summed E-state index contributed by atoms with van der Waals surface area (Å²) in [5.41, 5.74) is 4.47. The predicted octanol–water partition coefficient (Wildman–Crippen LogP) is 5.61. The maximum Gasteiger partial charge on any atom is 0.416 e. The largest absolute Gasteiger partial charge is 0.489 e. The minimum absolute atomic E-state index is 0.0234. The molecule has 0 unspecified atom stereocenters. The van der Waals surface area contributed by atoms with E-state index in [0.717, 1.165) is 36.6 Å². The van der Waals surface area contributed by atoms with E-state index in [4.69, 9.17) is 9.84 Å². The van der Waals surface area contributed by atoms with E-state index >= 15 is 0 Å². The SMILES string of the molecule is CC1=C(CN2CC(C(=O)O)C2)CCc2cc(OCc3cnc(CC(C)C)cc3C(F)(F)F)ccc21. The second-order valence-corrected chi connectivity index (χ2v) is 9.99. The van der Waals surface area contributed by atoms with E-state index in [0.29, 0.717) is 31.0 Å². The van der Waals surface area contributed by atoms with Gasteiger partial charge in [0.1, 0.15) is 12.4 Å². The fourth-order valence-electron chi connectivity index (χ4n) is 4.82. The summed E-state index contributed by atoms with van der Waals surface area (Å²) in [7, 11) is 0. The van der Waals surface area contributed by atoms with Gasteiger partial charge in [-0.25, -0.2) is 0 Å². The van der Waals surface area contributed by atoms with Gasteiger partial charge in [0.25, 0.3) is 0 Å². The number of benzene rings is 1. The van der Waals surface area contributed by atoms with Gasteiger partial charge < -0.3 is 9.84 Å². The Labute approximate surface area is 203 Å². The van der Waals surface area contributed by atoms with Crippen molar-refractivity contribution in [1.82, 2.24) is 9.88 Å². The summed E-state index contributed by atoms with van der Waals surface area (Å²) in [5, 5.41) is 9.07. The standard InChI is InChI=1S/C27H31F3N2O3/c1-16(2)8-22-10-25(27(28,29)30)20(11-31-22)15-35-23-6-7-24-17(3)19(5-4-18(24)9-23)12-32-13-21(14-32)26(33)34/h6-7,9-11,16,21H,4-5,8,12-15H2,1-3H3,(H,33,34). The van der Waals surface area contributed by atoms with Gasteiger partial charge in [-0.05, 0) is 67.0 Å². The van der Waals surface area contributed by atoms with Gasteiger partial charge in [0, 0.05) is 37.1 Å². The van der Waals surface area contributed by atoms with Crippen LogP contribution in [-0.2, 0) is 30.4 Å². The molecule has 1 aliphatic heterocycles. The van der Waals surface area contributed by atoms with Gasteiger partial charge in [0.2, 0.25) is 0 Å². The van der Waals surface area contributed by atoms with Crippen LogP contribution in [0.15, 0.2) is 36.0 Å². The number of allylic oxidation sites excluding steroid dienone is 1. The van der Waals surface area contributed by atoms with Crippen molar-refractivity contribution in [3.8, 4) is 5.75 Å². The number of alkyl halides is 3. The zero-order valence-corrected chi connectivity index (χ0v) is 20.3. The van der Waals surface area contributed by atoms with Crippen molar-refractivity contribution >= 4 is 11.5 Å². The zero-order chi connectivity index (χ0) is 25.3. The second-order valence-electron chi connectivity index (χ2n) is 9.99. The van der Waals surface area contributed by atoms with Crippen LogP contribution in [0.3, 0.4) is 0 Å². The summed E-state index contributed by atoms with van der Waals surface area (Å²) < 4.78 is 46.8.